The first-order valence-electron chi connectivity index (χ1n) is 12.4. The molecule has 2 aliphatic rings. The van der Waals surface area contributed by atoms with Crippen LogP contribution in [0.2, 0.25) is 0 Å². The summed E-state index contributed by atoms with van der Waals surface area (Å²) in [7, 11) is 4.16. The fourth-order valence-corrected chi connectivity index (χ4v) is 4.86. The fourth-order valence-electron chi connectivity index (χ4n) is 4.86. The number of hydrogen-bond acceptors (Lipinski definition) is 7. The maximum atomic E-state index is 6.16. The van der Waals surface area contributed by atoms with E-state index in [4.69, 9.17) is 13.8 Å². The number of aromatic nitrogens is 2. The van der Waals surface area contributed by atoms with Gasteiger partial charge in [-0.2, -0.15) is 0 Å². The Balaban J connectivity index is 1.19. The third kappa shape index (κ3) is 5.58. The average molecular weight is 453 g/mol. The van der Waals surface area contributed by atoms with Crippen LogP contribution in [0.3, 0.4) is 0 Å². The number of piperidine rings is 1. The van der Waals surface area contributed by atoms with Crippen molar-refractivity contribution in [1.29, 1.82) is 0 Å². The van der Waals surface area contributed by atoms with Gasteiger partial charge in [0.25, 0.3) is 0 Å². The van der Waals surface area contributed by atoms with E-state index in [2.05, 4.69) is 46.3 Å². The molecule has 178 valence electrons. The monoisotopic (exact) mass is 452 g/mol. The zero-order valence-corrected chi connectivity index (χ0v) is 20.2. The van der Waals surface area contributed by atoms with Gasteiger partial charge in [-0.1, -0.05) is 10.3 Å². The average Bonchev–Trinajstić information content (AvgIpc) is 3.40. The summed E-state index contributed by atoms with van der Waals surface area (Å²) in [6, 6.07) is 6.30. The molecule has 33 heavy (non-hydrogen) atoms. The molecule has 0 amide bonds. The van der Waals surface area contributed by atoms with E-state index in [1.807, 2.05) is 13.0 Å². The summed E-state index contributed by atoms with van der Waals surface area (Å²) in [6.07, 6.45) is 7.13. The van der Waals surface area contributed by atoms with E-state index in [1.54, 1.807) is 0 Å². The largest absolute Gasteiger partial charge is 0.493 e. The fraction of sp³-hybridized carbons (Fsp3) is 0.615. The van der Waals surface area contributed by atoms with E-state index in [9.17, 15) is 0 Å². The molecule has 1 aromatic carbocycles. The summed E-state index contributed by atoms with van der Waals surface area (Å²) < 4.78 is 17.3. The van der Waals surface area contributed by atoms with Crippen LogP contribution in [0.1, 0.15) is 54.8 Å². The van der Waals surface area contributed by atoms with Crippen LogP contribution in [0.25, 0.3) is 11.0 Å². The molecule has 7 heteroatoms. The molecular weight excluding hydrogens is 416 g/mol. The first-order valence-corrected chi connectivity index (χ1v) is 12.4. The van der Waals surface area contributed by atoms with Crippen molar-refractivity contribution in [1.82, 2.24) is 20.1 Å². The molecule has 1 aliphatic heterocycles. The SMILES string of the molecule is Cc1cc(CN2CCC(CCc3noc4c(CN(C)C)c(OCC5CC5)ccc34)CC2)no1. The van der Waals surface area contributed by atoms with Crippen LogP contribution in [-0.2, 0) is 19.5 Å². The van der Waals surface area contributed by atoms with Crippen LogP contribution < -0.4 is 4.74 Å². The highest BCUT2D eigenvalue weighted by atomic mass is 16.5. The molecule has 0 N–H and O–H groups in total. The van der Waals surface area contributed by atoms with E-state index in [0.717, 1.165) is 96.9 Å². The number of fused-ring (bicyclic) bond motifs is 1. The number of hydrogen-bond donors (Lipinski definition) is 0. The summed E-state index contributed by atoms with van der Waals surface area (Å²) >= 11 is 0. The van der Waals surface area contributed by atoms with Gasteiger partial charge in [-0.05, 0) is 96.6 Å². The van der Waals surface area contributed by atoms with Gasteiger partial charge in [-0.15, -0.1) is 0 Å². The predicted octanol–water partition coefficient (Wildman–Crippen LogP) is 4.82. The Morgan fingerprint density at radius 2 is 1.88 bits per heavy atom. The van der Waals surface area contributed by atoms with Gasteiger partial charge in [0.1, 0.15) is 11.5 Å². The second-order valence-corrected chi connectivity index (χ2v) is 10.2. The molecule has 7 nitrogen and oxygen atoms in total. The van der Waals surface area contributed by atoms with Gasteiger partial charge in [0.15, 0.2) is 5.58 Å². The number of likely N-dealkylation sites (tertiary alicyclic amines) is 1. The zero-order valence-electron chi connectivity index (χ0n) is 20.2. The van der Waals surface area contributed by atoms with Crippen molar-refractivity contribution in [2.75, 3.05) is 33.8 Å². The van der Waals surface area contributed by atoms with Crippen molar-refractivity contribution in [2.24, 2.45) is 11.8 Å². The molecular formula is C26H36N4O3. The molecule has 0 unspecified atom stereocenters. The van der Waals surface area contributed by atoms with Gasteiger partial charge < -0.3 is 18.7 Å². The van der Waals surface area contributed by atoms with Gasteiger partial charge >= 0.3 is 0 Å². The molecule has 2 aromatic heterocycles. The molecule has 0 radical (unpaired) electrons. The molecule has 1 saturated carbocycles. The van der Waals surface area contributed by atoms with Crippen LogP contribution in [-0.4, -0.2) is 53.9 Å². The topological polar surface area (TPSA) is 67.8 Å². The highest BCUT2D eigenvalue weighted by Crippen LogP contribution is 2.35. The van der Waals surface area contributed by atoms with Gasteiger partial charge in [-0.3, -0.25) is 4.90 Å². The van der Waals surface area contributed by atoms with E-state index < -0.39 is 0 Å². The first kappa shape index (κ1) is 22.4. The van der Waals surface area contributed by atoms with E-state index in [0.29, 0.717) is 0 Å². The lowest BCUT2D eigenvalue weighted by atomic mass is 9.91. The highest BCUT2D eigenvalue weighted by molar-refractivity contribution is 5.84. The van der Waals surface area contributed by atoms with Gasteiger partial charge in [0.2, 0.25) is 0 Å². The number of benzene rings is 1. The first-order chi connectivity index (χ1) is 16.0. The lowest BCUT2D eigenvalue weighted by Crippen LogP contribution is -2.33. The van der Waals surface area contributed by atoms with Gasteiger partial charge in [-0.25, -0.2) is 0 Å². The Labute approximate surface area is 196 Å². The predicted molar refractivity (Wildman–Crippen MR) is 127 cm³/mol. The third-order valence-electron chi connectivity index (χ3n) is 6.98. The molecule has 2 fully saturated rings. The van der Waals surface area contributed by atoms with Gasteiger partial charge in [0.05, 0.1) is 23.6 Å². The standard InChI is InChI=1S/C26H36N4O3/c1-18-14-21(27-32-18)15-30-12-10-19(11-13-30)6-8-24-22-7-9-25(31-17-20-4-5-20)23(16-29(2)3)26(22)33-28-24/h7,9,14,19-20H,4-6,8,10-13,15-17H2,1-3H3. The molecule has 0 atom stereocenters. The van der Waals surface area contributed by atoms with Crippen LogP contribution >= 0.6 is 0 Å². The minimum absolute atomic E-state index is 0.727. The summed E-state index contributed by atoms with van der Waals surface area (Å²) in [5.74, 6) is 3.29. The van der Waals surface area contributed by atoms with E-state index in [-0.39, 0.29) is 0 Å². The van der Waals surface area contributed by atoms with Crippen LogP contribution in [0.5, 0.6) is 5.75 Å². The summed E-state index contributed by atoms with van der Waals surface area (Å²) in [5, 5.41) is 9.77. The lowest BCUT2D eigenvalue weighted by Gasteiger charge is -2.31. The van der Waals surface area contributed by atoms with E-state index in [1.165, 1.54) is 25.7 Å². The number of nitrogens with zero attached hydrogens (tertiary/aromatic N) is 4. The van der Waals surface area contributed by atoms with Crippen molar-refractivity contribution >= 4 is 11.0 Å². The minimum atomic E-state index is 0.727. The third-order valence-corrected chi connectivity index (χ3v) is 6.98. The second-order valence-electron chi connectivity index (χ2n) is 10.2. The Hall–Kier alpha value is -2.38. The maximum absolute atomic E-state index is 6.16. The van der Waals surface area contributed by atoms with Crippen LogP contribution in [0.15, 0.2) is 27.2 Å². The maximum Gasteiger partial charge on any atom is 0.175 e. The zero-order chi connectivity index (χ0) is 22.8. The summed E-state index contributed by atoms with van der Waals surface area (Å²) in [5.41, 5.74) is 4.13. The Morgan fingerprint density at radius 3 is 2.58 bits per heavy atom. The number of rotatable bonds is 10. The molecule has 3 aromatic rings. The Bertz CT molecular complexity index is 1060. The quantitative estimate of drug-likeness (QED) is 0.437. The smallest absolute Gasteiger partial charge is 0.175 e. The Morgan fingerprint density at radius 1 is 1.06 bits per heavy atom. The molecule has 5 rings (SSSR count). The number of ether oxygens (including phenoxy) is 1. The second kappa shape index (κ2) is 9.85. The highest BCUT2D eigenvalue weighted by Gasteiger charge is 2.25. The lowest BCUT2D eigenvalue weighted by molar-refractivity contribution is 0.168. The van der Waals surface area contributed by atoms with Crippen molar-refractivity contribution in [3.63, 3.8) is 0 Å². The van der Waals surface area contributed by atoms with Gasteiger partial charge in [0, 0.05) is 24.5 Å². The van der Waals surface area contributed by atoms with Crippen molar-refractivity contribution in [3.8, 4) is 5.75 Å². The molecule has 0 spiro atoms. The van der Waals surface area contributed by atoms with Crippen LogP contribution in [0, 0.1) is 18.8 Å². The van der Waals surface area contributed by atoms with Crippen molar-refractivity contribution in [2.45, 2.75) is 58.5 Å². The molecule has 1 aliphatic carbocycles. The molecule has 0 bridgehead atoms. The van der Waals surface area contributed by atoms with E-state index >= 15 is 0 Å². The van der Waals surface area contributed by atoms with Crippen LogP contribution in [0.4, 0.5) is 0 Å². The normalized spacial score (nSPS) is 17.9. The number of aryl methyl sites for hydroxylation is 2. The Kier molecular flexibility index (Phi) is 6.69. The van der Waals surface area contributed by atoms with Crippen molar-refractivity contribution in [3.05, 3.63) is 40.9 Å². The van der Waals surface area contributed by atoms with Crippen molar-refractivity contribution < 1.29 is 13.8 Å². The summed E-state index contributed by atoms with van der Waals surface area (Å²) in [4.78, 5) is 4.64. The summed E-state index contributed by atoms with van der Waals surface area (Å²) in [6.45, 7) is 6.66. The molecule has 3 heterocycles. The minimum Gasteiger partial charge on any atom is -0.493 e. The molecule has 1 saturated heterocycles.